The molecule has 0 aliphatic carbocycles. The van der Waals surface area contributed by atoms with Crippen molar-refractivity contribution in [3.05, 3.63) is 51.5 Å². The van der Waals surface area contributed by atoms with Gasteiger partial charge in [-0.05, 0) is 36.4 Å². The van der Waals surface area contributed by atoms with Crippen LogP contribution in [0.4, 0.5) is 30.2 Å². The van der Waals surface area contributed by atoms with E-state index in [1.165, 1.54) is 18.2 Å². The van der Waals surface area contributed by atoms with E-state index in [9.17, 15) is 13.2 Å². The molecule has 0 aliphatic heterocycles. The largest absolute Gasteiger partial charge is 0.417 e. The second kappa shape index (κ2) is 5.54. The van der Waals surface area contributed by atoms with Gasteiger partial charge in [0.2, 0.25) is 0 Å². The Morgan fingerprint density at radius 3 is 2.40 bits per heavy atom. The van der Waals surface area contributed by atoms with E-state index in [0.29, 0.717) is 16.4 Å². The maximum Gasteiger partial charge on any atom is 0.417 e. The van der Waals surface area contributed by atoms with E-state index in [-0.39, 0.29) is 10.2 Å². The number of nitrogens with two attached hydrogens (primary N) is 1. The number of benzene rings is 2. The molecule has 0 bridgehead atoms. The van der Waals surface area contributed by atoms with Crippen molar-refractivity contribution < 1.29 is 13.2 Å². The molecule has 20 heavy (non-hydrogen) atoms. The molecule has 2 aromatic rings. The maximum atomic E-state index is 12.8. The van der Waals surface area contributed by atoms with Crippen molar-refractivity contribution in [2.24, 2.45) is 0 Å². The SMILES string of the molecule is Nc1cc(Cl)ccc1Nc1ccc(Br)c(C(F)(F)F)c1. The van der Waals surface area contributed by atoms with Crippen LogP contribution in [0, 0.1) is 0 Å². The van der Waals surface area contributed by atoms with Crippen LogP contribution in [0.5, 0.6) is 0 Å². The van der Waals surface area contributed by atoms with E-state index in [1.54, 1.807) is 12.1 Å². The van der Waals surface area contributed by atoms with E-state index < -0.39 is 11.7 Å². The zero-order valence-corrected chi connectivity index (χ0v) is 12.3. The second-order valence-corrected chi connectivity index (χ2v) is 5.34. The van der Waals surface area contributed by atoms with Gasteiger partial charge in [0.1, 0.15) is 0 Å². The van der Waals surface area contributed by atoms with Crippen LogP contribution in [0.1, 0.15) is 5.56 Å². The molecule has 0 aromatic heterocycles. The molecular formula is C13H9BrClF3N2. The predicted octanol–water partition coefficient (Wildman–Crippen LogP) is 5.45. The molecule has 0 unspecified atom stereocenters. The van der Waals surface area contributed by atoms with Crippen LogP contribution in [0.15, 0.2) is 40.9 Å². The summed E-state index contributed by atoms with van der Waals surface area (Å²) in [6, 6.07) is 8.59. The van der Waals surface area contributed by atoms with E-state index in [4.69, 9.17) is 17.3 Å². The summed E-state index contributed by atoms with van der Waals surface area (Å²) >= 11 is 8.65. The second-order valence-electron chi connectivity index (χ2n) is 4.05. The highest BCUT2D eigenvalue weighted by Crippen LogP contribution is 2.37. The van der Waals surface area contributed by atoms with Crippen molar-refractivity contribution in [1.29, 1.82) is 0 Å². The number of rotatable bonds is 2. The third kappa shape index (κ3) is 3.37. The van der Waals surface area contributed by atoms with Crippen LogP contribution >= 0.6 is 27.5 Å². The number of alkyl halides is 3. The normalized spacial score (nSPS) is 11.4. The molecule has 0 saturated heterocycles. The summed E-state index contributed by atoms with van der Waals surface area (Å²) in [5.74, 6) is 0. The number of nitrogens with one attached hydrogen (secondary N) is 1. The van der Waals surface area contributed by atoms with E-state index in [1.807, 2.05) is 0 Å². The van der Waals surface area contributed by atoms with Gasteiger partial charge in [-0.1, -0.05) is 27.5 Å². The van der Waals surface area contributed by atoms with Crippen molar-refractivity contribution in [3.8, 4) is 0 Å². The van der Waals surface area contributed by atoms with Crippen LogP contribution in [0.2, 0.25) is 5.02 Å². The fourth-order valence-corrected chi connectivity index (χ4v) is 2.28. The minimum absolute atomic E-state index is 0.0142. The Morgan fingerprint density at radius 1 is 1.10 bits per heavy atom. The highest BCUT2D eigenvalue weighted by molar-refractivity contribution is 9.10. The molecule has 2 aromatic carbocycles. The monoisotopic (exact) mass is 364 g/mol. The molecule has 0 atom stereocenters. The van der Waals surface area contributed by atoms with Crippen LogP contribution in [-0.2, 0) is 6.18 Å². The van der Waals surface area contributed by atoms with Crippen molar-refractivity contribution in [3.63, 3.8) is 0 Å². The zero-order valence-electron chi connectivity index (χ0n) is 9.93. The minimum atomic E-state index is -4.43. The Balaban J connectivity index is 2.35. The first kappa shape index (κ1) is 15.0. The molecule has 7 heteroatoms. The van der Waals surface area contributed by atoms with Crippen LogP contribution in [-0.4, -0.2) is 0 Å². The molecular weight excluding hydrogens is 357 g/mol. The molecule has 0 heterocycles. The standard InChI is InChI=1S/C13H9BrClF3N2/c14-10-3-2-8(6-9(10)13(16,17)18)20-12-4-1-7(15)5-11(12)19/h1-6,20H,19H2. The molecule has 2 rings (SSSR count). The summed E-state index contributed by atoms with van der Waals surface area (Å²) < 4.78 is 38.4. The molecule has 0 amide bonds. The van der Waals surface area contributed by atoms with E-state index in [2.05, 4.69) is 21.2 Å². The molecule has 0 spiro atoms. The number of nitrogen functional groups attached to an aromatic ring is 1. The highest BCUT2D eigenvalue weighted by Gasteiger charge is 2.33. The fourth-order valence-electron chi connectivity index (χ4n) is 1.62. The Morgan fingerprint density at radius 2 is 1.80 bits per heavy atom. The number of anilines is 3. The van der Waals surface area contributed by atoms with Crippen LogP contribution < -0.4 is 11.1 Å². The van der Waals surface area contributed by atoms with Gasteiger partial charge in [-0.15, -0.1) is 0 Å². The lowest BCUT2D eigenvalue weighted by Crippen LogP contribution is -2.07. The van der Waals surface area contributed by atoms with Crippen molar-refractivity contribution in [1.82, 2.24) is 0 Å². The lowest BCUT2D eigenvalue weighted by atomic mass is 10.2. The first-order valence-electron chi connectivity index (χ1n) is 5.46. The molecule has 0 aliphatic rings. The van der Waals surface area contributed by atoms with Gasteiger partial charge in [-0.3, -0.25) is 0 Å². The Bertz CT molecular complexity index is 644. The Hall–Kier alpha value is -1.40. The highest BCUT2D eigenvalue weighted by atomic mass is 79.9. The summed E-state index contributed by atoms with van der Waals surface area (Å²) in [6.07, 6.45) is -4.43. The Kier molecular flexibility index (Phi) is 4.15. The van der Waals surface area contributed by atoms with Gasteiger partial charge in [0.25, 0.3) is 0 Å². The first-order valence-corrected chi connectivity index (χ1v) is 6.63. The van der Waals surface area contributed by atoms with Crippen molar-refractivity contribution in [2.75, 3.05) is 11.1 Å². The summed E-state index contributed by atoms with van der Waals surface area (Å²) in [4.78, 5) is 0. The summed E-state index contributed by atoms with van der Waals surface area (Å²) in [5.41, 5.74) is 6.12. The summed E-state index contributed by atoms with van der Waals surface area (Å²) in [6.45, 7) is 0. The third-order valence-corrected chi connectivity index (χ3v) is 3.49. The van der Waals surface area contributed by atoms with Gasteiger partial charge in [-0.2, -0.15) is 13.2 Å². The van der Waals surface area contributed by atoms with E-state index in [0.717, 1.165) is 6.07 Å². The quantitative estimate of drug-likeness (QED) is 0.695. The predicted molar refractivity (Wildman–Crippen MR) is 78.3 cm³/mol. The summed E-state index contributed by atoms with van der Waals surface area (Å²) in [7, 11) is 0. The van der Waals surface area contributed by atoms with Gasteiger partial charge in [0.05, 0.1) is 16.9 Å². The topological polar surface area (TPSA) is 38.0 Å². The Labute approximate surface area is 126 Å². The lowest BCUT2D eigenvalue weighted by molar-refractivity contribution is -0.138. The average molecular weight is 366 g/mol. The maximum absolute atomic E-state index is 12.8. The molecule has 3 N–H and O–H groups in total. The minimum Gasteiger partial charge on any atom is -0.397 e. The number of hydrogen-bond donors (Lipinski definition) is 2. The van der Waals surface area contributed by atoms with Crippen LogP contribution in [0.3, 0.4) is 0 Å². The third-order valence-electron chi connectivity index (χ3n) is 2.56. The van der Waals surface area contributed by atoms with Crippen molar-refractivity contribution >= 4 is 44.6 Å². The molecule has 2 nitrogen and oxygen atoms in total. The van der Waals surface area contributed by atoms with Gasteiger partial charge in [0, 0.05) is 15.2 Å². The first-order chi connectivity index (χ1) is 9.27. The number of halogens is 5. The molecule has 0 fully saturated rings. The zero-order chi connectivity index (χ0) is 14.9. The van der Waals surface area contributed by atoms with Gasteiger partial charge in [0.15, 0.2) is 0 Å². The van der Waals surface area contributed by atoms with Gasteiger partial charge >= 0.3 is 6.18 Å². The lowest BCUT2D eigenvalue weighted by Gasteiger charge is -2.13. The fraction of sp³-hybridized carbons (Fsp3) is 0.0769. The summed E-state index contributed by atoms with van der Waals surface area (Å²) in [5, 5.41) is 3.29. The average Bonchev–Trinajstić information content (AvgIpc) is 2.33. The van der Waals surface area contributed by atoms with Crippen molar-refractivity contribution in [2.45, 2.75) is 6.18 Å². The number of hydrogen-bond acceptors (Lipinski definition) is 2. The van der Waals surface area contributed by atoms with Gasteiger partial charge in [-0.25, -0.2) is 0 Å². The molecule has 0 saturated carbocycles. The van der Waals surface area contributed by atoms with E-state index >= 15 is 0 Å². The molecule has 0 radical (unpaired) electrons. The van der Waals surface area contributed by atoms with Gasteiger partial charge < -0.3 is 11.1 Å². The smallest absolute Gasteiger partial charge is 0.397 e. The van der Waals surface area contributed by atoms with Crippen LogP contribution in [0.25, 0.3) is 0 Å². The molecule has 106 valence electrons.